The van der Waals surface area contributed by atoms with E-state index in [1.54, 1.807) is 6.20 Å². The van der Waals surface area contributed by atoms with E-state index in [4.69, 9.17) is 0 Å². The van der Waals surface area contributed by atoms with Crippen molar-refractivity contribution >= 4 is 11.8 Å². The van der Waals surface area contributed by atoms with Crippen molar-refractivity contribution in [1.82, 2.24) is 15.6 Å². The number of hydrogen-bond acceptors (Lipinski definition) is 4. The van der Waals surface area contributed by atoms with Crippen LogP contribution in [-0.2, 0) is 6.54 Å². The van der Waals surface area contributed by atoms with Crippen LogP contribution < -0.4 is 15.5 Å². The van der Waals surface area contributed by atoms with Gasteiger partial charge in [0.2, 0.25) is 0 Å². The van der Waals surface area contributed by atoms with Gasteiger partial charge in [0.25, 0.3) is 0 Å². The van der Waals surface area contributed by atoms with Gasteiger partial charge >= 0.3 is 6.03 Å². The van der Waals surface area contributed by atoms with E-state index in [1.165, 1.54) is 0 Å². The van der Waals surface area contributed by atoms with Gasteiger partial charge in [0, 0.05) is 45.9 Å². The van der Waals surface area contributed by atoms with Gasteiger partial charge < -0.3 is 20.6 Å². The van der Waals surface area contributed by atoms with E-state index in [-0.39, 0.29) is 18.6 Å². The van der Waals surface area contributed by atoms with Crippen LogP contribution >= 0.6 is 0 Å². The Bertz CT molecular complexity index is 661. The standard InChI is InChI=1S/C19H26N4O2/c1-23(2)18-12-15(8-10-20-18)13-21-19(25)22-14-17(9-11-24)16-6-4-3-5-7-16/h3-8,10,12,17,24H,9,11,13-14H2,1-2H3,(H2,21,22,25). The minimum atomic E-state index is -0.220. The summed E-state index contributed by atoms with van der Waals surface area (Å²) < 4.78 is 0. The zero-order valence-corrected chi connectivity index (χ0v) is 14.8. The van der Waals surface area contributed by atoms with E-state index in [0.717, 1.165) is 16.9 Å². The summed E-state index contributed by atoms with van der Waals surface area (Å²) in [6.45, 7) is 1.01. The minimum Gasteiger partial charge on any atom is -0.396 e. The summed E-state index contributed by atoms with van der Waals surface area (Å²) in [7, 11) is 3.86. The van der Waals surface area contributed by atoms with Crippen molar-refractivity contribution in [3.8, 4) is 0 Å². The topological polar surface area (TPSA) is 77.5 Å². The number of aliphatic hydroxyl groups is 1. The predicted octanol–water partition coefficient (Wildman–Crippen LogP) is 2.11. The number of hydrogen-bond donors (Lipinski definition) is 3. The monoisotopic (exact) mass is 342 g/mol. The first-order chi connectivity index (χ1) is 12.1. The Hall–Kier alpha value is -2.60. The van der Waals surface area contributed by atoms with Crippen LogP contribution in [0, 0.1) is 0 Å². The molecule has 2 rings (SSSR count). The number of anilines is 1. The van der Waals surface area contributed by atoms with Gasteiger partial charge in [-0.2, -0.15) is 0 Å². The van der Waals surface area contributed by atoms with Gasteiger partial charge in [0.05, 0.1) is 0 Å². The molecule has 2 aromatic rings. The number of aromatic nitrogens is 1. The van der Waals surface area contributed by atoms with E-state index in [0.29, 0.717) is 19.5 Å². The molecule has 0 aliphatic carbocycles. The molecule has 1 atom stereocenters. The first-order valence-electron chi connectivity index (χ1n) is 8.40. The SMILES string of the molecule is CN(C)c1cc(CNC(=O)NCC(CCO)c2ccccc2)ccn1. The average Bonchev–Trinajstić information content (AvgIpc) is 2.64. The second-order valence-electron chi connectivity index (χ2n) is 6.10. The lowest BCUT2D eigenvalue weighted by Crippen LogP contribution is -2.37. The Morgan fingerprint density at radius 3 is 2.64 bits per heavy atom. The molecule has 1 aromatic carbocycles. The number of amides is 2. The van der Waals surface area contributed by atoms with Gasteiger partial charge in [-0.1, -0.05) is 30.3 Å². The highest BCUT2D eigenvalue weighted by atomic mass is 16.3. The van der Waals surface area contributed by atoms with Crippen molar-refractivity contribution in [1.29, 1.82) is 0 Å². The van der Waals surface area contributed by atoms with Crippen molar-refractivity contribution in [2.24, 2.45) is 0 Å². The maximum absolute atomic E-state index is 12.1. The Balaban J connectivity index is 1.84. The molecular formula is C19H26N4O2. The van der Waals surface area contributed by atoms with E-state index in [2.05, 4.69) is 15.6 Å². The molecule has 1 unspecified atom stereocenters. The summed E-state index contributed by atoms with van der Waals surface area (Å²) in [5.74, 6) is 0.949. The molecule has 0 bridgehead atoms. The highest BCUT2D eigenvalue weighted by molar-refractivity contribution is 5.73. The van der Waals surface area contributed by atoms with Crippen LogP contribution in [0.5, 0.6) is 0 Å². The lowest BCUT2D eigenvalue weighted by Gasteiger charge is -2.17. The van der Waals surface area contributed by atoms with Crippen molar-refractivity contribution in [2.75, 3.05) is 32.1 Å². The Labute approximate surface area is 148 Å². The predicted molar refractivity (Wildman–Crippen MR) is 99.7 cm³/mol. The van der Waals surface area contributed by atoms with Crippen LogP contribution in [0.3, 0.4) is 0 Å². The zero-order valence-electron chi connectivity index (χ0n) is 14.8. The third kappa shape index (κ3) is 6.08. The molecule has 134 valence electrons. The Morgan fingerprint density at radius 2 is 1.96 bits per heavy atom. The molecule has 25 heavy (non-hydrogen) atoms. The molecule has 0 aliphatic rings. The lowest BCUT2D eigenvalue weighted by atomic mass is 9.96. The largest absolute Gasteiger partial charge is 0.396 e. The maximum Gasteiger partial charge on any atom is 0.315 e. The summed E-state index contributed by atoms with van der Waals surface area (Å²) in [6.07, 6.45) is 2.35. The van der Waals surface area contributed by atoms with Crippen LogP contribution in [0.2, 0.25) is 0 Å². The summed E-state index contributed by atoms with van der Waals surface area (Å²) in [6, 6.07) is 13.5. The summed E-state index contributed by atoms with van der Waals surface area (Å²) in [5, 5.41) is 15.0. The molecule has 0 saturated carbocycles. The number of rotatable bonds is 8. The average molecular weight is 342 g/mol. The Morgan fingerprint density at radius 1 is 1.20 bits per heavy atom. The summed E-state index contributed by atoms with van der Waals surface area (Å²) >= 11 is 0. The number of carbonyl (C=O) groups excluding carboxylic acids is 1. The van der Waals surface area contributed by atoms with E-state index in [9.17, 15) is 9.90 Å². The van der Waals surface area contributed by atoms with Crippen molar-refractivity contribution in [2.45, 2.75) is 18.9 Å². The molecule has 6 heteroatoms. The third-order valence-corrected chi connectivity index (χ3v) is 3.98. The molecule has 1 heterocycles. The smallest absolute Gasteiger partial charge is 0.315 e. The number of carbonyl (C=O) groups is 1. The molecule has 0 fully saturated rings. The van der Waals surface area contributed by atoms with Gasteiger partial charge in [-0.15, -0.1) is 0 Å². The molecule has 0 radical (unpaired) electrons. The van der Waals surface area contributed by atoms with Gasteiger partial charge in [-0.3, -0.25) is 0 Å². The van der Waals surface area contributed by atoms with Gasteiger partial charge in [-0.25, -0.2) is 9.78 Å². The van der Waals surface area contributed by atoms with E-state index < -0.39 is 0 Å². The zero-order chi connectivity index (χ0) is 18.1. The van der Waals surface area contributed by atoms with E-state index in [1.807, 2.05) is 61.5 Å². The van der Waals surface area contributed by atoms with Crippen LogP contribution in [0.25, 0.3) is 0 Å². The summed E-state index contributed by atoms with van der Waals surface area (Å²) in [5.41, 5.74) is 2.10. The minimum absolute atomic E-state index is 0.0905. The molecule has 0 saturated heterocycles. The number of benzene rings is 1. The second-order valence-corrected chi connectivity index (χ2v) is 6.10. The first kappa shape index (κ1) is 18.7. The molecule has 0 aliphatic heterocycles. The molecule has 2 amide bonds. The second kappa shape index (κ2) is 9.64. The maximum atomic E-state index is 12.1. The van der Waals surface area contributed by atoms with Crippen LogP contribution in [-0.4, -0.2) is 43.4 Å². The number of nitrogens with zero attached hydrogens (tertiary/aromatic N) is 2. The van der Waals surface area contributed by atoms with Crippen molar-refractivity contribution in [3.63, 3.8) is 0 Å². The van der Waals surface area contributed by atoms with Crippen molar-refractivity contribution in [3.05, 3.63) is 59.8 Å². The molecule has 1 aromatic heterocycles. The fourth-order valence-corrected chi connectivity index (χ4v) is 2.54. The molecule has 3 N–H and O–H groups in total. The van der Waals surface area contributed by atoms with Crippen LogP contribution in [0.4, 0.5) is 10.6 Å². The Kier molecular flexibility index (Phi) is 7.22. The first-order valence-corrected chi connectivity index (χ1v) is 8.40. The summed E-state index contributed by atoms with van der Waals surface area (Å²) in [4.78, 5) is 18.2. The number of nitrogens with one attached hydrogen (secondary N) is 2. The van der Waals surface area contributed by atoms with Crippen LogP contribution in [0.15, 0.2) is 48.7 Å². The van der Waals surface area contributed by atoms with E-state index >= 15 is 0 Å². The highest BCUT2D eigenvalue weighted by Gasteiger charge is 2.12. The third-order valence-electron chi connectivity index (χ3n) is 3.98. The number of urea groups is 1. The fourth-order valence-electron chi connectivity index (χ4n) is 2.54. The number of aliphatic hydroxyl groups excluding tert-OH is 1. The fraction of sp³-hybridized carbons (Fsp3) is 0.368. The molecule has 6 nitrogen and oxygen atoms in total. The van der Waals surface area contributed by atoms with Crippen LogP contribution in [0.1, 0.15) is 23.5 Å². The van der Waals surface area contributed by atoms with Crippen molar-refractivity contribution < 1.29 is 9.90 Å². The van der Waals surface area contributed by atoms with Gasteiger partial charge in [0.15, 0.2) is 0 Å². The normalized spacial score (nSPS) is 11.6. The highest BCUT2D eigenvalue weighted by Crippen LogP contribution is 2.18. The van der Waals surface area contributed by atoms with Gasteiger partial charge in [-0.05, 0) is 29.7 Å². The quantitative estimate of drug-likeness (QED) is 0.687. The molecular weight excluding hydrogens is 316 g/mol. The number of pyridine rings is 1. The lowest BCUT2D eigenvalue weighted by molar-refractivity contribution is 0.237. The van der Waals surface area contributed by atoms with Gasteiger partial charge in [0.1, 0.15) is 5.82 Å². The molecule has 0 spiro atoms.